The van der Waals surface area contributed by atoms with E-state index in [-0.39, 0.29) is 24.4 Å². The van der Waals surface area contributed by atoms with Gasteiger partial charge in [0, 0.05) is 25.8 Å². The molecule has 27 heavy (non-hydrogen) atoms. The number of carbonyl (C=O) groups excluding carboxylic acids is 2. The molecule has 0 radical (unpaired) electrons. The summed E-state index contributed by atoms with van der Waals surface area (Å²) in [6, 6.07) is 7.58. The molecule has 1 N–H and O–H groups in total. The third kappa shape index (κ3) is 2.80. The molecular formula is C19H26N6O2. The van der Waals surface area contributed by atoms with Gasteiger partial charge in [0.2, 0.25) is 0 Å². The first kappa shape index (κ1) is 17.9. The summed E-state index contributed by atoms with van der Waals surface area (Å²) >= 11 is 0. The molecule has 0 spiro atoms. The Morgan fingerprint density at radius 2 is 1.96 bits per heavy atom. The molecule has 3 unspecified atom stereocenters. The van der Waals surface area contributed by atoms with Crippen LogP contribution in [-0.2, 0) is 11.3 Å². The summed E-state index contributed by atoms with van der Waals surface area (Å²) in [5, 5.41) is 10.2. The Kier molecular flexibility index (Phi) is 4.39. The summed E-state index contributed by atoms with van der Waals surface area (Å²) in [5.41, 5.74) is 3.36. The van der Waals surface area contributed by atoms with Crippen LogP contribution in [0, 0.1) is 6.92 Å². The monoisotopic (exact) mass is 370 g/mol. The predicted molar refractivity (Wildman–Crippen MR) is 102 cm³/mol. The van der Waals surface area contributed by atoms with E-state index in [1.807, 2.05) is 31.0 Å². The van der Waals surface area contributed by atoms with Crippen molar-refractivity contribution >= 4 is 17.6 Å². The lowest BCUT2D eigenvalue weighted by Crippen LogP contribution is -2.66. The number of aryl methyl sites for hydroxylation is 1. The Balaban J connectivity index is 1.65. The summed E-state index contributed by atoms with van der Waals surface area (Å²) < 4.78 is 0. The fourth-order valence-electron chi connectivity index (χ4n) is 4.22. The van der Waals surface area contributed by atoms with E-state index in [1.54, 1.807) is 11.9 Å². The van der Waals surface area contributed by atoms with Crippen molar-refractivity contribution in [3.05, 3.63) is 35.4 Å². The lowest BCUT2D eigenvalue weighted by Gasteiger charge is -2.42. The second-order valence-corrected chi connectivity index (χ2v) is 7.44. The number of hydrogen-bond donors (Lipinski definition) is 1. The normalized spacial score (nSPS) is 28.4. The quantitative estimate of drug-likeness (QED) is 0.859. The Bertz CT molecular complexity index is 809. The molecule has 2 fully saturated rings. The highest BCUT2D eigenvalue weighted by Gasteiger charge is 2.55. The summed E-state index contributed by atoms with van der Waals surface area (Å²) in [6.45, 7) is 7.52. The van der Waals surface area contributed by atoms with Crippen molar-refractivity contribution in [1.29, 1.82) is 0 Å². The summed E-state index contributed by atoms with van der Waals surface area (Å²) in [6.07, 6.45) is -0.572. The minimum atomic E-state index is -0.400. The molecule has 0 saturated carbocycles. The van der Waals surface area contributed by atoms with Gasteiger partial charge in [0.15, 0.2) is 6.29 Å². The smallest absolute Gasteiger partial charge is 0.310 e. The van der Waals surface area contributed by atoms with Gasteiger partial charge in [-0.2, -0.15) is 5.10 Å². The Labute approximate surface area is 159 Å². The van der Waals surface area contributed by atoms with Crippen LogP contribution in [-0.4, -0.2) is 76.0 Å². The first-order valence-electron chi connectivity index (χ1n) is 9.37. The molecule has 8 nitrogen and oxygen atoms in total. The third-order valence-corrected chi connectivity index (χ3v) is 5.66. The average molecular weight is 370 g/mol. The predicted octanol–water partition coefficient (Wildman–Crippen LogP) is 0.984. The van der Waals surface area contributed by atoms with Crippen LogP contribution >= 0.6 is 0 Å². The zero-order valence-electron chi connectivity index (χ0n) is 16.2. The molecule has 3 aliphatic heterocycles. The number of nitrogens with one attached hydrogen (secondary N) is 1. The van der Waals surface area contributed by atoms with E-state index in [0.717, 1.165) is 5.71 Å². The second kappa shape index (κ2) is 6.61. The Hall–Kier alpha value is -2.45. The van der Waals surface area contributed by atoms with E-state index < -0.39 is 6.04 Å². The molecule has 144 valence electrons. The van der Waals surface area contributed by atoms with Crippen LogP contribution in [0.4, 0.5) is 4.79 Å². The molecule has 3 aliphatic rings. The van der Waals surface area contributed by atoms with Crippen molar-refractivity contribution < 1.29 is 9.59 Å². The molecule has 8 heteroatoms. The molecule has 0 aliphatic carbocycles. The maximum atomic E-state index is 13.0. The largest absolute Gasteiger partial charge is 0.327 e. The van der Waals surface area contributed by atoms with Gasteiger partial charge in [-0.05, 0) is 31.9 Å². The third-order valence-electron chi connectivity index (χ3n) is 5.66. The molecule has 0 aromatic heterocycles. The number of hydrazone groups is 1. The van der Waals surface area contributed by atoms with Gasteiger partial charge in [0.25, 0.3) is 5.91 Å². The highest BCUT2D eigenvalue weighted by Crippen LogP contribution is 2.31. The number of hydrogen-bond acceptors (Lipinski definition) is 6. The summed E-state index contributed by atoms with van der Waals surface area (Å²) in [4.78, 5) is 30.6. The van der Waals surface area contributed by atoms with Crippen LogP contribution in [0.1, 0.15) is 25.0 Å². The van der Waals surface area contributed by atoms with Gasteiger partial charge in [-0.25, -0.2) is 9.69 Å². The standard InChI is InChI=1S/C19H26N6O2/c1-5-23-17(26)15-16(22(4)19(23)27)20-18-24(15)10-13(3)21-25(18)11-14-9-7-6-8-12(14)2/h6-9,15-16,18,20H,5,10-11H2,1-4H3. The van der Waals surface area contributed by atoms with Crippen LogP contribution in [0.2, 0.25) is 0 Å². The molecule has 1 aromatic rings. The molecule has 3 amide bonds. The van der Waals surface area contributed by atoms with Gasteiger partial charge in [-0.3, -0.25) is 20.0 Å². The van der Waals surface area contributed by atoms with Gasteiger partial charge in [0.1, 0.15) is 12.2 Å². The molecular weight excluding hydrogens is 344 g/mol. The summed E-state index contributed by atoms with van der Waals surface area (Å²) in [7, 11) is 1.75. The zero-order valence-corrected chi connectivity index (χ0v) is 16.2. The van der Waals surface area contributed by atoms with Crippen LogP contribution < -0.4 is 5.32 Å². The van der Waals surface area contributed by atoms with Gasteiger partial charge >= 0.3 is 6.03 Å². The number of imide groups is 1. The molecule has 1 aromatic carbocycles. The van der Waals surface area contributed by atoms with E-state index in [1.165, 1.54) is 16.0 Å². The first-order valence-corrected chi connectivity index (χ1v) is 9.37. The van der Waals surface area contributed by atoms with Crippen LogP contribution in [0.25, 0.3) is 0 Å². The van der Waals surface area contributed by atoms with E-state index in [2.05, 4.69) is 29.3 Å². The highest BCUT2D eigenvalue weighted by atomic mass is 16.2. The molecule has 0 bridgehead atoms. The topological polar surface area (TPSA) is 71.5 Å². The number of benzene rings is 1. The van der Waals surface area contributed by atoms with E-state index in [4.69, 9.17) is 5.10 Å². The number of nitrogens with zero attached hydrogens (tertiary/aromatic N) is 5. The number of carbonyl (C=O) groups is 2. The van der Waals surface area contributed by atoms with Crippen molar-refractivity contribution in [2.24, 2.45) is 5.10 Å². The number of urea groups is 1. The van der Waals surface area contributed by atoms with Crippen molar-refractivity contribution in [2.75, 3.05) is 20.1 Å². The Morgan fingerprint density at radius 1 is 1.22 bits per heavy atom. The number of fused-ring (bicyclic) bond motifs is 3. The first-order chi connectivity index (χ1) is 12.9. The van der Waals surface area contributed by atoms with Gasteiger partial charge in [0.05, 0.1) is 6.54 Å². The van der Waals surface area contributed by atoms with Gasteiger partial charge < -0.3 is 4.90 Å². The van der Waals surface area contributed by atoms with Crippen LogP contribution in [0.3, 0.4) is 0 Å². The van der Waals surface area contributed by atoms with Crippen LogP contribution in [0.5, 0.6) is 0 Å². The Morgan fingerprint density at radius 3 is 2.67 bits per heavy atom. The number of rotatable bonds is 3. The fraction of sp³-hybridized carbons (Fsp3) is 0.526. The zero-order chi connectivity index (χ0) is 19.3. The average Bonchev–Trinajstić information content (AvgIpc) is 3.02. The second-order valence-electron chi connectivity index (χ2n) is 7.44. The van der Waals surface area contributed by atoms with Gasteiger partial charge in [-0.15, -0.1) is 0 Å². The molecule has 3 heterocycles. The fourth-order valence-corrected chi connectivity index (χ4v) is 4.22. The van der Waals surface area contributed by atoms with Crippen molar-refractivity contribution in [3.63, 3.8) is 0 Å². The highest BCUT2D eigenvalue weighted by molar-refractivity contribution is 6.01. The summed E-state index contributed by atoms with van der Waals surface area (Å²) in [5.74, 6) is -0.133. The maximum absolute atomic E-state index is 13.0. The van der Waals surface area contributed by atoms with E-state index in [0.29, 0.717) is 19.6 Å². The number of amides is 3. The maximum Gasteiger partial charge on any atom is 0.327 e. The minimum absolute atomic E-state index is 0.133. The van der Waals surface area contributed by atoms with Crippen molar-refractivity contribution in [2.45, 2.75) is 45.8 Å². The van der Waals surface area contributed by atoms with Crippen LogP contribution in [0.15, 0.2) is 29.4 Å². The minimum Gasteiger partial charge on any atom is -0.310 e. The van der Waals surface area contributed by atoms with Crippen molar-refractivity contribution in [3.8, 4) is 0 Å². The van der Waals surface area contributed by atoms with Gasteiger partial charge in [-0.1, -0.05) is 24.3 Å². The van der Waals surface area contributed by atoms with E-state index >= 15 is 0 Å². The molecule has 4 rings (SSSR count). The SMILES string of the molecule is CCN1C(=O)C2C(NC3N(Cc4ccccc4C)N=C(C)CN23)N(C)C1=O. The molecule has 2 saturated heterocycles. The number of likely N-dealkylation sites (N-methyl/N-ethyl adjacent to an activating group) is 2. The lowest BCUT2D eigenvalue weighted by atomic mass is 10.1. The van der Waals surface area contributed by atoms with Crippen molar-refractivity contribution in [1.82, 2.24) is 25.0 Å². The molecule has 3 atom stereocenters. The van der Waals surface area contributed by atoms with E-state index in [9.17, 15) is 9.59 Å². The lowest BCUT2D eigenvalue weighted by molar-refractivity contribution is -0.138.